The van der Waals surface area contributed by atoms with Crippen molar-refractivity contribution in [1.29, 1.82) is 0 Å². The normalized spacial score (nSPS) is 14.3. The SMILES string of the molecule is COc1cccc(N2CCN(C(=O)c3oc4ccccc4c3NC(=O)[C@@H](C)Oc3ccccc3)CC2)c1. The van der Waals surface area contributed by atoms with Gasteiger partial charge in [0.25, 0.3) is 11.8 Å². The molecule has 2 heterocycles. The van der Waals surface area contributed by atoms with Gasteiger partial charge in [0.15, 0.2) is 6.10 Å². The molecule has 1 N–H and O–H groups in total. The molecule has 5 rings (SSSR count). The zero-order valence-corrected chi connectivity index (χ0v) is 20.8. The van der Waals surface area contributed by atoms with Crippen molar-refractivity contribution in [3.8, 4) is 11.5 Å². The van der Waals surface area contributed by atoms with Crippen molar-refractivity contribution >= 4 is 34.2 Å². The number of hydrogen-bond donors (Lipinski definition) is 1. The van der Waals surface area contributed by atoms with Crippen LogP contribution in [0.3, 0.4) is 0 Å². The number of amides is 2. The predicted molar refractivity (Wildman–Crippen MR) is 142 cm³/mol. The van der Waals surface area contributed by atoms with Crippen LogP contribution in [0.15, 0.2) is 83.3 Å². The Kier molecular flexibility index (Phi) is 6.98. The highest BCUT2D eigenvalue weighted by molar-refractivity contribution is 6.11. The molecule has 37 heavy (non-hydrogen) atoms. The average molecular weight is 500 g/mol. The highest BCUT2D eigenvalue weighted by atomic mass is 16.5. The molecule has 1 aromatic heterocycles. The van der Waals surface area contributed by atoms with Crippen molar-refractivity contribution in [2.45, 2.75) is 13.0 Å². The van der Waals surface area contributed by atoms with Gasteiger partial charge in [-0.15, -0.1) is 0 Å². The maximum Gasteiger partial charge on any atom is 0.291 e. The Hall–Kier alpha value is -4.46. The van der Waals surface area contributed by atoms with Gasteiger partial charge in [-0.25, -0.2) is 0 Å². The molecular weight excluding hydrogens is 470 g/mol. The lowest BCUT2D eigenvalue weighted by Crippen LogP contribution is -2.48. The van der Waals surface area contributed by atoms with Gasteiger partial charge >= 0.3 is 0 Å². The number of carbonyl (C=O) groups excluding carboxylic acids is 2. The van der Waals surface area contributed by atoms with Gasteiger partial charge in [-0.2, -0.15) is 0 Å². The molecule has 8 heteroatoms. The van der Waals surface area contributed by atoms with Crippen molar-refractivity contribution in [2.24, 2.45) is 0 Å². The molecule has 0 saturated carbocycles. The fourth-order valence-electron chi connectivity index (χ4n) is 4.42. The van der Waals surface area contributed by atoms with Gasteiger partial charge < -0.3 is 29.0 Å². The molecule has 2 amide bonds. The minimum atomic E-state index is -0.773. The van der Waals surface area contributed by atoms with E-state index in [0.29, 0.717) is 48.6 Å². The zero-order chi connectivity index (χ0) is 25.8. The van der Waals surface area contributed by atoms with E-state index in [2.05, 4.69) is 10.2 Å². The Balaban J connectivity index is 1.32. The molecule has 1 saturated heterocycles. The number of anilines is 2. The molecule has 0 bridgehead atoms. The first-order valence-electron chi connectivity index (χ1n) is 12.3. The summed E-state index contributed by atoms with van der Waals surface area (Å²) in [5, 5.41) is 3.56. The second-order valence-corrected chi connectivity index (χ2v) is 8.85. The lowest BCUT2D eigenvalue weighted by molar-refractivity contribution is -0.122. The van der Waals surface area contributed by atoms with Crippen LogP contribution in [0.25, 0.3) is 11.0 Å². The minimum Gasteiger partial charge on any atom is -0.497 e. The minimum absolute atomic E-state index is 0.122. The maximum atomic E-state index is 13.6. The van der Waals surface area contributed by atoms with Gasteiger partial charge in [0, 0.05) is 43.3 Å². The van der Waals surface area contributed by atoms with E-state index in [9.17, 15) is 9.59 Å². The molecule has 3 aromatic carbocycles. The molecule has 1 fully saturated rings. The van der Waals surface area contributed by atoms with E-state index >= 15 is 0 Å². The van der Waals surface area contributed by atoms with E-state index in [1.54, 1.807) is 37.1 Å². The van der Waals surface area contributed by atoms with Gasteiger partial charge in [-0.1, -0.05) is 36.4 Å². The Morgan fingerprint density at radius 3 is 2.35 bits per heavy atom. The van der Waals surface area contributed by atoms with Crippen LogP contribution in [-0.4, -0.2) is 56.1 Å². The first-order chi connectivity index (χ1) is 18.0. The smallest absolute Gasteiger partial charge is 0.291 e. The van der Waals surface area contributed by atoms with Crippen LogP contribution >= 0.6 is 0 Å². The number of methoxy groups -OCH3 is 1. The lowest BCUT2D eigenvalue weighted by atomic mass is 10.2. The van der Waals surface area contributed by atoms with Crippen molar-refractivity contribution in [1.82, 2.24) is 4.90 Å². The number of nitrogens with one attached hydrogen (secondary N) is 1. The first-order valence-corrected chi connectivity index (χ1v) is 12.3. The number of furan rings is 1. The van der Waals surface area contributed by atoms with E-state index in [0.717, 1.165) is 11.4 Å². The number of piperazine rings is 1. The number of carbonyl (C=O) groups is 2. The molecule has 0 radical (unpaired) electrons. The molecule has 1 aliphatic heterocycles. The second-order valence-electron chi connectivity index (χ2n) is 8.85. The summed E-state index contributed by atoms with van der Waals surface area (Å²) in [5.74, 6) is 0.883. The third kappa shape index (κ3) is 5.23. The summed E-state index contributed by atoms with van der Waals surface area (Å²) in [6.45, 7) is 4.05. The standard InChI is InChI=1S/C29H29N3O5/c1-20(36-22-10-4-3-5-11-22)28(33)30-26-24-13-6-7-14-25(24)37-27(26)29(34)32-17-15-31(16-18-32)21-9-8-12-23(19-21)35-2/h3-14,19-20H,15-18H2,1-2H3,(H,30,33)/t20-/m1/s1. The van der Waals surface area contributed by atoms with Crippen LogP contribution in [0.5, 0.6) is 11.5 Å². The number of ether oxygens (including phenoxy) is 2. The number of benzene rings is 3. The van der Waals surface area contributed by atoms with Crippen LogP contribution in [0.2, 0.25) is 0 Å². The summed E-state index contributed by atoms with van der Waals surface area (Å²) >= 11 is 0. The fraction of sp³-hybridized carbons (Fsp3) is 0.241. The molecule has 1 aliphatic rings. The molecule has 0 aliphatic carbocycles. The van der Waals surface area contributed by atoms with Crippen molar-refractivity contribution in [3.63, 3.8) is 0 Å². The Labute approximate surface area is 215 Å². The van der Waals surface area contributed by atoms with Crippen molar-refractivity contribution in [3.05, 3.63) is 84.6 Å². The molecule has 1 atom stereocenters. The van der Waals surface area contributed by atoms with Gasteiger partial charge in [-0.3, -0.25) is 9.59 Å². The lowest BCUT2D eigenvalue weighted by Gasteiger charge is -2.36. The molecule has 190 valence electrons. The quantitative estimate of drug-likeness (QED) is 0.393. The monoisotopic (exact) mass is 499 g/mol. The Bertz CT molecular complexity index is 1390. The molecule has 8 nitrogen and oxygen atoms in total. The van der Waals surface area contributed by atoms with Gasteiger partial charge in [0.1, 0.15) is 22.8 Å². The number of hydrogen-bond acceptors (Lipinski definition) is 6. The summed E-state index contributed by atoms with van der Waals surface area (Å²) in [5.41, 5.74) is 1.95. The van der Waals surface area contributed by atoms with Crippen molar-refractivity contribution < 1.29 is 23.5 Å². The predicted octanol–water partition coefficient (Wildman–Crippen LogP) is 4.81. The summed E-state index contributed by atoms with van der Waals surface area (Å²) in [6, 6.07) is 24.3. The van der Waals surface area contributed by atoms with Crippen LogP contribution in [-0.2, 0) is 4.79 Å². The third-order valence-corrected chi connectivity index (χ3v) is 6.45. The average Bonchev–Trinajstić information content (AvgIpc) is 3.31. The van der Waals surface area contributed by atoms with Crippen LogP contribution < -0.4 is 19.7 Å². The number of nitrogens with zero attached hydrogens (tertiary/aromatic N) is 2. The summed E-state index contributed by atoms with van der Waals surface area (Å²) in [4.78, 5) is 30.6. The summed E-state index contributed by atoms with van der Waals surface area (Å²) in [6.07, 6.45) is -0.773. The highest BCUT2D eigenvalue weighted by Crippen LogP contribution is 2.32. The first kappa shape index (κ1) is 24.2. The summed E-state index contributed by atoms with van der Waals surface area (Å²) < 4.78 is 17.1. The Morgan fingerprint density at radius 2 is 1.59 bits per heavy atom. The van der Waals surface area contributed by atoms with Gasteiger partial charge in [-0.05, 0) is 43.3 Å². The molecule has 4 aromatic rings. The highest BCUT2D eigenvalue weighted by Gasteiger charge is 2.30. The zero-order valence-electron chi connectivity index (χ0n) is 20.8. The second kappa shape index (κ2) is 10.7. The van der Waals surface area contributed by atoms with Gasteiger partial charge in [0.05, 0.1) is 7.11 Å². The summed E-state index contributed by atoms with van der Waals surface area (Å²) in [7, 11) is 1.65. The molecule has 0 unspecified atom stereocenters. The van der Waals surface area contributed by atoms with E-state index in [-0.39, 0.29) is 17.6 Å². The number of para-hydroxylation sites is 2. The topological polar surface area (TPSA) is 84.3 Å². The van der Waals surface area contributed by atoms with E-state index in [1.807, 2.05) is 60.7 Å². The van der Waals surface area contributed by atoms with Crippen LogP contribution in [0.1, 0.15) is 17.5 Å². The van der Waals surface area contributed by atoms with Crippen molar-refractivity contribution in [2.75, 3.05) is 43.5 Å². The maximum absolute atomic E-state index is 13.6. The van der Waals surface area contributed by atoms with Crippen LogP contribution in [0.4, 0.5) is 11.4 Å². The number of rotatable bonds is 7. The number of fused-ring (bicyclic) bond motifs is 1. The van der Waals surface area contributed by atoms with Gasteiger partial charge in [0.2, 0.25) is 5.76 Å². The largest absolute Gasteiger partial charge is 0.497 e. The third-order valence-electron chi connectivity index (χ3n) is 6.45. The molecular formula is C29H29N3O5. The van der Waals surface area contributed by atoms with E-state index in [4.69, 9.17) is 13.9 Å². The Morgan fingerprint density at radius 1 is 0.892 bits per heavy atom. The molecule has 0 spiro atoms. The van der Waals surface area contributed by atoms with E-state index in [1.165, 1.54) is 0 Å². The van der Waals surface area contributed by atoms with E-state index < -0.39 is 6.10 Å². The fourth-order valence-corrected chi connectivity index (χ4v) is 4.42. The van der Waals surface area contributed by atoms with Crippen LogP contribution in [0, 0.1) is 0 Å².